The molecule has 3 N–H and O–H groups in total. The molecule has 20 heavy (non-hydrogen) atoms. The summed E-state index contributed by atoms with van der Waals surface area (Å²) in [7, 11) is 0. The highest BCUT2D eigenvalue weighted by atomic mass is 16.5. The molecule has 0 atom stereocenters. The molecular formula is C16H19N3O. The molecule has 0 saturated carbocycles. The molecule has 0 aliphatic heterocycles. The van der Waals surface area contributed by atoms with E-state index >= 15 is 0 Å². The lowest BCUT2D eigenvalue weighted by molar-refractivity contribution is 0.459. The van der Waals surface area contributed by atoms with Gasteiger partial charge in [-0.3, -0.25) is 5.41 Å². The van der Waals surface area contributed by atoms with E-state index < -0.39 is 0 Å². The highest BCUT2D eigenvalue weighted by Gasteiger charge is 2.14. The van der Waals surface area contributed by atoms with Crippen LogP contribution in [-0.2, 0) is 5.41 Å². The zero-order valence-corrected chi connectivity index (χ0v) is 12.0. The Bertz CT molecular complexity index is 630. The van der Waals surface area contributed by atoms with E-state index in [2.05, 4.69) is 31.8 Å². The fourth-order valence-corrected chi connectivity index (χ4v) is 1.78. The smallest absolute Gasteiger partial charge is 0.219 e. The van der Waals surface area contributed by atoms with Gasteiger partial charge in [-0.15, -0.1) is 0 Å². The average Bonchev–Trinajstić information content (AvgIpc) is 2.38. The lowest BCUT2D eigenvalue weighted by atomic mass is 9.87. The van der Waals surface area contributed by atoms with E-state index in [4.69, 9.17) is 15.9 Å². The van der Waals surface area contributed by atoms with Crippen LogP contribution in [0.15, 0.2) is 42.6 Å². The number of ether oxygens (including phenoxy) is 1. The van der Waals surface area contributed by atoms with Crippen LogP contribution in [0.4, 0.5) is 0 Å². The van der Waals surface area contributed by atoms with Gasteiger partial charge in [0, 0.05) is 17.8 Å². The number of hydrogen-bond acceptors (Lipinski definition) is 3. The van der Waals surface area contributed by atoms with Gasteiger partial charge in [-0.2, -0.15) is 0 Å². The van der Waals surface area contributed by atoms with Crippen molar-refractivity contribution in [2.24, 2.45) is 5.73 Å². The monoisotopic (exact) mass is 269 g/mol. The van der Waals surface area contributed by atoms with Gasteiger partial charge in [-0.25, -0.2) is 4.98 Å². The molecule has 104 valence electrons. The van der Waals surface area contributed by atoms with E-state index in [1.54, 1.807) is 18.3 Å². The Morgan fingerprint density at radius 3 is 2.60 bits per heavy atom. The normalized spacial score (nSPS) is 11.2. The van der Waals surface area contributed by atoms with Crippen molar-refractivity contribution in [3.05, 3.63) is 53.7 Å². The molecule has 1 aromatic carbocycles. The molecule has 0 bridgehead atoms. The Labute approximate surface area is 119 Å². The number of nitrogens with zero attached hydrogens (tertiary/aromatic N) is 1. The summed E-state index contributed by atoms with van der Waals surface area (Å²) >= 11 is 0. The van der Waals surface area contributed by atoms with Crippen LogP contribution in [0.3, 0.4) is 0 Å². The molecular weight excluding hydrogens is 250 g/mol. The van der Waals surface area contributed by atoms with Gasteiger partial charge in [0.15, 0.2) is 0 Å². The van der Waals surface area contributed by atoms with Crippen LogP contribution in [0.5, 0.6) is 11.6 Å². The van der Waals surface area contributed by atoms with Gasteiger partial charge in [0.05, 0.1) is 0 Å². The van der Waals surface area contributed by atoms with Crippen LogP contribution in [0.2, 0.25) is 0 Å². The first-order valence-corrected chi connectivity index (χ1v) is 6.45. The summed E-state index contributed by atoms with van der Waals surface area (Å²) in [5, 5.41) is 7.42. The number of aromatic nitrogens is 1. The van der Waals surface area contributed by atoms with Gasteiger partial charge in [0.25, 0.3) is 0 Å². The summed E-state index contributed by atoms with van der Waals surface area (Å²) in [5.41, 5.74) is 7.31. The Kier molecular flexibility index (Phi) is 3.74. The number of nitrogen functional groups attached to an aromatic ring is 1. The van der Waals surface area contributed by atoms with Crippen molar-refractivity contribution < 1.29 is 4.74 Å². The summed E-state index contributed by atoms with van der Waals surface area (Å²) in [5.74, 6) is 1.16. The molecule has 1 heterocycles. The van der Waals surface area contributed by atoms with Gasteiger partial charge >= 0.3 is 0 Å². The van der Waals surface area contributed by atoms with Gasteiger partial charge in [0.2, 0.25) is 5.88 Å². The summed E-state index contributed by atoms with van der Waals surface area (Å²) < 4.78 is 5.74. The fourth-order valence-electron chi connectivity index (χ4n) is 1.78. The molecule has 0 radical (unpaired) electrons. The minimum Gasteiger partial charge on any atom is -0.439 e. The van der Waals surface area contributed by atoms with Crippen LogP contribution in [0, 0.1) is 5.41 Å². The molecule has 2 aromatic rings. The van der Waals surface area contributed by atoms with Crippen LogP contribution >= 0.6 is 0 Å². The Morgan fingerprint density at radius 1 is 1.20 bits per heavy atom. The van der Waals surface area contributed by atoms with Gasteiger partial charge in [-0.05, 0) is 29.2 Å². The number of benzene rings is 1. The number of pyridine rings is 1. The SMILES string of the molecule is CC(C)(C)c1cccc(Oc2cc(C(=N)N)ccn2)c1. The van der Waals surface area contributed by atoms with E-state index in [0.29, 0.717) is 11.4 Å². The maximum absolute atomic E-state index is 7.42. The predicted octanol–water partition coefficient (Wildman–Crippen LogP) is 3.46. The number of amidine groups is 1. The van der Waals surface area contributed by atoms with E-state index in [1.807, 2.05) is 18.2 Å². The van der Waals surface area contributed by atoms with E-state index in [0.717, 1.165) is 5.75 Å². The molecule has 4 heteroatoms. The van der Waals surface area contributed by atoms with Crippen molar-refractivity contribution in [3.8, 4) is 11.6 Å². The largest absolute Gasteiger partial charge is 0.439 e. The lowest BCUT2D eigenvalue weighted by Crippen LogP contribution is -2.11. The summed E-state index contributed by atoms with van der Waals surface area (Å²) in [6, 6.07) is 11.3. The zero-order valence-electron chi connectivity index (χ0n) is 12.0. The van der Waals surface area contributed by atoms with E-state index in [-0.39, 0.29) is 11.3 Å². The zero-order chi connectivity index (χ0) is 14.8. The number of rotatable bonds is 3. The van der Waals surface area contributed by atoms with Crippen LogP contribution in [0.1, 0.15) is 31.9 Å². The first-order valence-electron chi connectivity index (χ1n) is 6.45. The molecule has 0 fully saturated rings. The molecule has 1 aromatic heterocycles. The second-order valence-corrected chi connectivity index (χ2v) is 5.68. The highest BCUT2D eigenvalue weighted by molar-refractivity contribution is 5.95. The van der Waals surface area contributed by atoms with Crippen molar-refractivity contribution in [1.29, 1.82) is 5.41 Å². The molecule has 0 saturated heterocycles. The second-order valence-electron chi connectivity index (χ2n) is 5.68. The molecule has 4 nitrogen and oxygen atoms in total. The van der Waals surface area contributed by atoms with Crippen LogP contribution in [-0.4, -0.2) is 10.8 Å². The summed E-state index contributed by atoms with van der Waals surface area (Å²) in [6.07, 6.45) is 1.58. The van der Waals surface area contributed by atoms with Crippen LogP contribution in [0.25, 0.3) is 0 Å². The minimum absolute atomic E-state index is 0.000641. The summed E-state index contributed by atoms with van der Waals surface area (Å²) in [6.45, 7) is 6.46. The standard InChI is InChI=1S/C16H19N3O/c1-16(2,3)12-5-4-6-13(10-12)20-14-9-11(15(17)18)7-8-19-14/h4-10H,1-3H3,(H3,17,18). The second kappa shape index (κ2) is 5.33. The third kappa shape index (κ3) is 3.35. The van der Waals surface area contributed by atoms with Crippen molar-refractivity contribution in [3.63, 3.8) is 0 Å². The molecule has 0 unspecified atom stereocenters. The maximum atomic E-state index is 7.42. The Hall–Kier alpha value is -2.36. The number of nitrogens with one attached hydrogen (secondary N) is 1. The highest BCUT2D eigenvalue weighted by Crippen LogP contribution is 2.27. The molecule has 0 aliphatic rings. The Morgan fingerprint density at radius 2 is 1.95 bits per heavy atom. The van der Waals surface area contributed by atoms with Gasteiger partial charge in [0.1, 0.15) is 11.6 Å². The summed E-state index contributed by atoms with van der Waals surface area (Å²) in [4.78, 5) is 4.13. The quantitative estimate of drug-likeness (QED) is 0.662. The number of hydrogen-bond donors (Lipinski definition) is 2. The lowest BCUT2D eigenvalue weighted by Gasteiger charge is -2.19. The molecule has 0 amide bonds. The fraction of sp³-hybridized carbons (Fsp3) is 0.250. The minimum atomic E-state index is 0.000641. The first kappa shape index (κ1) is 14.1. The average molecular weight is 269 g/mol. The third-order valence-electron chi connectivity index (χ3n) is 2.97. The first-order chi connectivity index (χ1) is 9.36. The van der Waals surface area contributed by atoms with Crippen molar-refractivity contribution in [2.45, 2.75) is 26.2 Å². The van der Waals surface area contributed by atoms with Crippen molar-refractivity contribution in [1.82, 2.24) is 4.98 Å². The Balaban J connectivity index is 2.26. The molecule has 0 aliphatic carbocycles. The number of nitrogens with two attached hydrogens (primary N) is 1. The molecule has 0 spiro atoms. The maximum Gasteiger partial charge on any atom is 0.219 e. The van der Waals surface area contributed by atoms with Crippen molar-refractivity contribution >= 4 is 5.84 Å². The molecule has 2 rings (SSSR count). The predicted molar refractivity (Wildman–Crippen MR) is 80.5 cm³/mol. The topological polar surface area (TPSA) is 72.0 Å². The third-order valence-corrected chi connectivity index (χ3v) is 2.97. The van der Waals surface area contributed by atoms with Gasteiger partial charge in [-0.1, -0.05) is 32.9 Å². The van der Waals surface area contributed by atoms with Crippen LogP contribution < -0.4 is 10.5 Å². The van der Waals surface area contributed by atoms with E-state index in [1.165, 1.54) is 5.56 Å². The van der Waals surface area contributed by atoms with E-state index in [9.17, 15) is 0 Å². The van der Waals surface area contributed by atoms with Crippen molar-refractivity contribution in [2.75, 3.05) is 0 Å². The van der Waals surface area contributed by atoms with Gasteiger partial charge < -0.3 is 10.5 Å².